The lowest BCUT2D eigenvalue weighted by molar-refractivity contribution is -0.193. The molecule has 39 nitrogen and oxygen atoms in total. The van der Waals surface area contributed by atoms with Gasteiger partial charge in [0.1, 0.15) is 96.0 Å². The number of amides is 3. The van der Waals surface area contributed by atoms with E-state index in [1.807, 2.05) is 19.0 Å². The number of carbonyl (C=O) groups is 15. The number of likely N-dealkylation sites (N-methyl/N-ethyl adjacent to an activating group) is 1. The largest absolute Gasteiger partial charge is 0.490 e. The number of alkyl halides is 15. The highest BCUT2D eigenvalue weighted by molar-refractivity contribution is 9.11. The lowest BCUT2D eigenvalue weighted by Crippen LogP contribution is -2.48. The number of ketones is 1. The normalized spacial score (nSPS) is 12.7. The number of nitrogens with one attached hydrogen (secondary N) is 3. The van der Waals surface area contributed by atoms with Gasteiger partial charge in [-0.1, -0.05) is 95.6 Å². The second-order valence-corrected chi connectivity index (χ2v) is 45.7. The topological polar surface area (TPSA) is 535 Å². The van der Waals surface area contributed by atoms with Crippen molar-refractivity contribution in [2.45, 2.75) is 206 Å². The Morgan fingerprint density at radius 2 is 0.652 bits per heavy atom. The number of aliphatic carboxylic acids is 4. The third-order valence-electron chi connectivity index (χ3n) is 14.2. The van der Waals surface area contributed by atoms with Crippen molar-refractivity contribution in [3.8, 4) is 0 Å². The van der Waals surface area contributed by atoms with Gasteiger partial charge in [-0.15, -0.1) is 0 Å². The summed E-state index contributed by atoms with van der Waals surface area (Å²) in [7, 11) is 7.11. The molecule has 0 bridgehead atoms. The van der Waals surface area contributed by atoms with E-state index < -0.39 is 156 Å². The molecule has 2 atom stereocenters. The average molecular weight is 2330 g/mol. The van der Waals surface area contributed by atoms with E-state index in [2.05, 4.69) is 112 Å². The van der Waals surface area contributed by atoms with Crippen LogP contribution in [0.15, 0.2) is 0 Å². The predicted octanol–water partition coefficient (Wildman–Crippen LogP) is 9.22. The van der Waals surface area contributed by atoms with Crippen molar-refractivity contribution < 1.29 is 198 Å². The molecule has 0 heterocycles. The van der Waals surface area contributed by atoms with E-state index >= 15 is 0 Å². The van der Waals surface area contributed by atoms with Gasteiger partial charge in [-0.05, 0) is 159 Å². The summed E-state index contributed by atoms with van der Waals surface area (Å²) in [6.45, 7) is 30.8. The first-order valence-electron chi connectivity index (χ1n) is 39.4. The zero-order valence-corrected chi connectivity index (χ0v) is 87.3. The van der Waals surface area contributed by atoms with Crippen LogP contribution < -0.4 is 21.7 Å². The van der Waals surface area contributed by atoms with Crippen molar-refractivity contribution in [3.63, 3.8) is 0 Å². The predicted molar refractivity (Wildman–Crippen MR) is 476 cm³/mol. The first-order valence-corrected chi connectivity index (χ1v) is 44.2. The minimum atomic E-state index is -5.08. The van der Waals surface area contributed by atoms with E-state index in [0.29, 0.717) is 45.9 Å². The van der Waals surface area contributed by atoms with Gasteiger partial charge in [0, 0.05) is 45.8 Å². The fourth-order valence-electron chi connectivity index (χ4n) is 7.72. The van der Waals surface area contributed by atoms with Crippen molar-refractivity contribution >= 4 is 185 Å². The Morgan fingerprint density at radius 3 is 0.917 bits per heavy atom. The van der Waals surface area contributed by atoms with Crippen LogP contribution >= 0.6 is 95.6 Å². The van der Waals surface area contributed by atoms with E-state index in [1.165, 1.54) is 0 Å². The summed E-state index contributed by atoms with van der Waals surface area (Å²) >= 11 is 19.5. The molecular weight excluding hydrogens is 2200 g/mol. The molecule has 3 amide bonds. The van der Waals surface area contributed by atoms with E-state index in [1.54, 1.807) is 144 Å². The lowest BCUT2D eigenvalue weighted by atomic mass is 9.91. The molecule has 54 heteroatoms. The van der Waals surface area contributed by atoms with Gasteiger partial charge in [0.05, 0.1) is 82.6 Å². The Labute approximate surface area is 811 Å². The summed E-state index contributed by atoms with van der Waals surface area (Å²) in [6, 6.07) is -0.968. The summed E-state index contributed by atoms with van der Waals surface area (Å²) in [5.74, 6) is -14.9. The fraction of sp³-hybridized carbons (Fsp3) is 0.808. The number of carbonyl (C=O) groups excluding carboxylic acids is 11. The fourth-order valence-corrected chi connectivity index (χ4v) is 8.41. The van der Waals surface area contributed by atoms with Gasteiger partial charge in [0.2, 0.25) is 11.8 Å². The molecule has 9 N–H and O–H groups in total. The molecule has 132 heavy (non-hydrogen) atoms. The maximum Gasteiger partial charge on any atom is 0.490 e. The van der Waals surface area contributed by atoms with Crippen LogP contribution in [0.2, 0.25) is 0 Å². The molecule has 0 aromatic heterocycles. The van der Waals surface area contributed by atoms with Gasteiger partial charge in [-0.3, -0.25) is 47.9 Å². The number of hydrogen-bond acceptors (Lipinski definition) is 32. The zero-order chi connectivity index (χ0) is 105. The average Bonchev–Trinajstić information content (AvgIpc) is 0.835. The second kappa shape index (κ2) is 64.9. The third kappa shape index (κ3) is 78.0. The Kier molecular flexibility index (Phi) is 67.2. The van der Waals surface area contributed by atoms with Crippen molar-refractivity contribution in [1.29, 1.82) is 0 Å². The summed E-state index contributed by atoms with van der Waals surface area (Å²) < 4.78 is 166. The Bertz CT molecular complexity index is 3310. The van der Waals surface area contributed by atoms with E-state index in [4.69, 9.17) is 107 Å². The van der Waals surface area contributed by atoms with Gasteiger partial charge in [-0.2, -0.15) is 39.5 Å². The number of esters is 7. The summed E-state index contributed by atoms with van der Waals surface area (Å²) in [5.41, 5.74) is 1.41. The van der Waals surface area contributed by atoms with Crippen LogP contribution in [0.4, 0.5) is 44.3 Å². The number of nitrogens with zero attached hydrogens (tertiary/aromatic N) is 2. The molecule has 0 fully saturated rings. The number of Topliss-reactive ketones (excluding diaryl/α,β-unsaturated/α-hetero) is 1. The highest BCUT2D eigenvalue weighted by atomic mass is 79.9. The lowest BCUT2D eigenvalue weighted by Gasteiger charge is -2.34. The van der Waals surface area contributed by atoms with Gasteiger partial charge >= 0.3 is 90.3 Å². The third-order valence-corrected chi connectivity index (χ3v) is 16.1. The summed E-state index contributed by atoms with van der Waals surface area (Å²) in [4.78, 5) is 178. The number of alkyl carbamates (subject to hydrolysis) is 1. The first kappa shape index (κ1) is 137. The standard InChI is InChI=1S/C37H63Br3N2O13.C25H43Br3N2O10.C10H20N2O4.3C2HF3O2/c1-33(2,3)55-28(44)19-26(20-42(10)11)29(45)41-14-16-50-18-17-49-15-12-13-27(43)21-51-22-37(23-52-30(46)34(4,5)38,24-53-31(47)35(6,7)39)25-54-32(48)36(8,9)40;1-22(2,26)19(32)38-15-25(16-39-20(33)23(3,4)27,17-40-21(34)24(5,6)28)14-37-13-18(31)30-8-10-36-12-11-35-9-7-29;1-10(2,3)16-9(15)11-7(8(13)14)6-12(4)5;3*3-2(4,5)1(6)7/h26H,12-25H2,1-11H3,(H,41,45);7-17,29H2,1-6H3,(H,30,31);7H,6H2,1-5H3,(H,11,15)(H,13,14);3*(H,6,7)/t26-;;;;;/m0...../s1. The quantitative estimate of drug-likeness (QED) is 0.00924. The van der Waals surface area contributed by atoms with Crippen molar-refractivity contribution in [2.24, 2.45) is 22.5 Å². The van der Waals surface area contributed by atoms with Crippen molar-refractivity contribution in [2.75, 3.05) is 180 Å². The Morgan fingerprint density at radius 1 is 0.371 bits per heavy atom. The number of halogens is 15. The minimum Gasteiger partial charge on any atom is -0.480 e. The first-order chi connectivity index (χ1) is 59.4. The van der Waals surface area contributed by atoms with Gasteiger partial charge in [0.15, 0.2) is 5.78 Å². The zero-order valence-electron chi connectivity index (χ0n) is 77.8. The number of nitrogens with two attached hydrogens (primary N) is 1. The van der Waals surface area contributed by atoms with Crippen LogP contribution in [0.25, 0.3) is 0 Å². The van der Waals surface area contributed by atoms with Crippen LogP contribution in [0, 0.1) is 16.7 Å². The number of hydrogen-bond donors (Lipinski definition) is 8. The minimum absolute atomic E-state index is 0.0283. The monoisotopic (exact) mass is 2320 g/mol. The number of rotatable bonds is 53. The molecule has 0 rings (SSSR count). The molecule has 0 radical (unpaired) electrons. The van der Waals surface area contributed by atoms with Crippen LogP contribution in [-0.4, -0.2) is 361 Å². The molecule has 0 aromatic rings. The molecule has 0 saturated heterocycles. The molecule has 0 aliphatic rings. The Balaban J connectivity index is -0.000000441. The SMILES string of the molecule is CC(C)(Br)C(=O)OCC(COCC(=O)NCCOCCOCCN)(COC(=O)C(C)(C)Br)COC(=O)C(C)(C)Br.CN(C)CC(NC(=O)OC(C)(C)C)C(=O)O.CN(C)C[C@H](CC(=O)OC(C)(C)C)C(=O)NCCOCCOCCCC(=O)COCC(COC(=O)C(C)(C)Br)(COC(=O)C(C)(C)Br)COC(=O)C(C)(C)Br.O=C(O)C(F)(F)F.O=C(O)C(F)(F)F.O=C(O)C(F)(F)F. The maximum atomic E-state index is 12.7. The molecule has 0 spiro atoms. The highest BCUT2D eigenvalue weighted by Gasteiger charge is 2.45. The molecule has 1 unspecified atom stereocenters. The van der Waals surface area contributed by atoms with Crippen LogP contribution in [0.3, 0.4) is 0 Å². The van der Waals surface area contributed by atoms with Crippen molar-refractivity contribution in [3.05, 3.63) is 0 Å². The van der Waals surface area contributed by atoms with E-state index in [-0.39, 0.29) is 137 Å². The highest BCUT2D eigenvalue weighted by Crippen LogP contribution is 2.31. The number of carboxylic acids is 4. The van der Waals surface area contributed by atoms with Gasteiger partial charge < -0.3 is 118 Å². The van der Waals surface area contributed by atoms with Crippen LogP contribution in [0.1, 0.15) is 144 Å². The summed E-state index contributed by atoms with van der Waals surface area (Å²) in [6.07, 6.45) is -15.4. The Hall–Kier alpha value is -6.06. The maximum absolute atomic E-state index is 12.7. The number of ether oxygens (including phenoxy) is 14. The second-order valence-electron chi connectivity index (χ2n) is 33.8. The van der Waals surface area contributed by atoms with Gasteiger partial charge in [0.25, 0.3) is 0 Å². The molecule has 0 saturated carbocycles. The van der Waals surface area contributed by atoms with Gasteiger partial charge in [-0.25, -0.2) is 24.0 Å². The van der Waals surface area contributed by atoms with E-state index in [0.717, 1.165) is 0 Å². The molecule has 0 aliphatic heterocycles. The summed E-state index contributed by atoms with van der Waals surface area (Å²) in [5, 5.41) is 38.0. The molecule has 774 valence electrons. The molecule has 0 aromatic carbocycles. The van der Waals surface area contributed by atoms with Crippen LogP contribution in [0.5, 0.6) is 0 Å². The smallest absolute Gasteiger partial charge is 0.480 e. The molecular formula is C78H129Br6F9N6O33. The number of carboxylic acid groups (broad SMARTS) is 4. The van der Waals surface area contributed by atoms with Crippen LogP contribution in [-0.2, 0) is 133 Å². The molecule has 0 aliphatic carbocycles. The van der Waals surface area contributed by atoms with Crippen molar-refractivity contribution in [1.82, 2.24) is 25.8 Å². The van der Waals surface area contributed by atoms with E-state index in [9.17, 15) is 97.0 Å².